The number of hydrogen-bond acceptors (Lipinski definition) is 5. The number of aryl methyl sites for hydroxylation is 1. The molecule has 0 unspecified atom stereocenters. The Kier molecular flexibility index (Phi) is 7.33. The SMILES string of the molecule is Cc1nnc(C(C)C)n1[C@@H]1C[C@H]2CC[C@@H](C1)N2CC[C@H](NC(=O)C1CCCC1)c1ccc(Cl)s1. The Bertz CT molecular complexity index is 983. The van der Waals surface area contributed by atoms with E-state index in [1.165, 1.54) is 43.4 Å². The zero-order valence-corrected chi connectivity index (χ0v) is 22.2. The van der Waals surface area contributed by atoms with Gasteiger partial charge in [0.15, 0.2) is 0 Å². The molecule has 4 heterocycles. The van der Waals surface area contributed by atoms with E-state index in [1.54, 1.807) is 11.3 Å². The molecule has 1 amide bonds. The Hall–Kier alpha value is -1.44. The topological polar surface area (TPSA) is 63.1 Å². The molecule has 186 valence electrons. The molecule has 8 heteroatoms. The fraction of sp³-hybridized carbons (Fsp3) is 0.731. The average molecular weight is 504 g/mol. The number of nitrogens with zero attached hydrogens (tertiary/aromatic N) is 4. The lowest BCUT2D eigenvalue weighted by molar-refractivity contribution is -0.125. The molecular weight excluding hydrogens is 466 g/mol. The van der Waals surface area contributed by atoms with Crippen LogP contribution < -0.4 is 5.32 Å². The summed E-state index contributed by atoms with van der Waals surface area (Å²) in [5.74, 6) is 2.98. The minimum atomic E-state index is 0.0513. The summed E-state index contributed by atoms with van der Waals surface area (Å²) < 4.78 is 3.22. The van der Waals surface area contributed by atoms with Crippen molar-refractivity contribution in [3.63, 3.8) is 0 Å². The third-order valence-electron chi connectivity index (χ3n) is 8.29. The summed E-state index contributed by atoms with van der Waals surface area (Å²) in [5.41, 5.74) is 0. The summed E-state index contributed by atoms with van der Waals surface area (Å²) >= 11 is 7.87. The number of amides is 1. The number of hydrogen-bond donors (Lipinski definition) is 1. The van der Waals surface area contributed by atoms with E-state index in [-0.39, 0.29) is 17.9 Å². The quantitative estimate of drug-likeness (QED) is 0.477. The van der Waals surface area contributed by atoms with Gasteiger partial charge in [0.1, 0.15) is 11.6 Å². The zero-order chi connectivity index (χ0) is 23.8. The lowest BCUT2D eigenvalue weighted by Crippen LogP contribution is -2.45. The normalized spacial score (nSPS) is 26.4. The van der Waals surface area contributed by atoms with Crippen LogP contribution in [0.1, 0.15) is 106 Å². The van der Waals surface area contributed by atoms with Crippen LogP contribution in [-0.4, -0.2) is 44.2 Å². The number of piperidine rings is 1. The Morgan fingerprint density at radius 2 is 1.82 bits per heavy atom. The molecule has 2 bridgehead atoms. The summed E-state index contributed by atoms with van der Waals surface area (Å²) in [7, 11) is 0. The molecule has 3 fully saturated rings. The van der Waals surface area contributed by atoms with Crippen molar-refractivity contribution in [1.29, 1.82) is 0 Å². The third-order valence-corrected chi connectivity index (χ3v) is 9.63. The van der Waals surface area contributed by atoms with Gasteiger partial charge >= 0.3 is 0 Å². The minimum Gasteiger partial charge on any atom is -0.348 e. The highest BCUT2D eigenvalue weighted by atomic mass is 35.5. The van der Waals surface area contributed by atoms with E-state index in [9.17, 15) is 4.79 Å². The molecule has 2 aromatic heterocycles. The van der Waals surface area contributed by atoms with Crippen molar-refractivity contribution in [2.24, 2.45) is 5.92 Å². The van der Waals surface area contributed by atoms with Gasteiger partial charge < -0.3 is 9.88 Å². The molecule has 1 saturated carbocycles. The fourth-order valence-electron chi connectivity index (χ4n) is 6.61. The molecule has 3 aliphatic rings. The first-order valence-corrected chi connectivity index (χ1v) is 14.3. The number of carbonyl (C=O) groups excluding carboxylic acids is 1. The van der Waals surface area contributed by atoms with Gasteiger partial charge in [-0.25, -0.2) is 0 Å². The predicted octanol–water partition coefficient (Wildman–Crippen LogP) is 6.03. The van der Waals surface area contributed by atoms with Crippen LogP contribution in [0.2, 0.25) is 4.34 Å². The molecule has 2 aliphatic heterocycles. The number of carbonyl (C=O) groups is 1. The van der Waals surface area contributed by atoms with Crippen molar-refractivity contribution in [2.75, 3.05) is 6.54 Å². The van der Waals surface area contributed by atoms with E-state index in [2.05, 4.69) is 51.8 Å². The van der Waals surface area contributed by atoms with Crippen LogP contribution in [0.25, 0.3) is 0 Å². The number of halogens is 1. The number of nitrogens with one attached hydrogen (secondary N) is 1. The van der Waals surface area contributed by atoms with Crippen molar-refractivity contribution in [2.45, 2.75) is 109 Å². The molecule has 0 spiro atoms. The smallest absolute Gasteiger partial charge is 0.223 e. The zero-order valence-electron chi connectivity index (χ0n) is 20.7. The second-order valence-electron chi connectivity index (χ2n) is 10.9. The Morgan fingerprint density at radius 1 is 1.12 bits per heavy atom. The summed E-state index contributed by atoms with van der Waals surface area (Å²) in [6.45, 7) is 7.53. The number of fused-ring (bicyclic) bond motifs is 2. The highest BCUT2D eigenvalue weighted by Crippen LogP contribution is 2.42. The predicted molar refractivity (Wildman–Crippen MR) is 137 cm³/mol. The molecule has 1 aliphatic carbocycles. The fourth-order valence-corrected chi connectivity index (χ4v) is 7.76. The molecule has 2 saturated heterocycles. The first-order chi connectivity index (χ1) is 16.4. The highest BCUT2D eigenvalue weighted by Gasteiger charge is 2.42. The van der Waals surface area contributed by atoms with Gasteiger partial charge in [0.25, 0.3) is 0 Å². The summed E-state index contributed by atoms with van der Waals surface area (Å²) in [6.07, 6.45) is 10.2. The number of aromatic nitrogens is 3. The van der Waals surface area contributed by atoms with Crippen molar-refractivity contribution in [3.8, 4) is 0 Å². The van der Waals surface area contributed by atoms with Gasteiger partial charge in [-0.15, -0.1) is 21.5 Å². The van der Waals surface area contributed by atoms with Crippen LogP contribution in [0.15, 0.2) is 12.1 Å². The lowest BCUT2D eigenvalue weighted by atomic mass is 9.95. The van der Waals surface area contributed by atoms with Gasteiger partial charge in [0, 0.05) is 41.4 Å². The minimum absolute atomic E-state index is 0.0513. The Morgan fingerprint density at radius 3 is 2.44 bits per heavy atom. The molecule has 34 heavy (non-hydrogen) atoms. The van der Waals surface area contributed by atoms with E-state index in [4.69, 9.17) is 11.6 Å². The van der Waals surface area contributed by atoms with Crippen molar-refractivity contribution in [3.05, 3.63) is 33.0 Å². The first-order valence-electron chi connectivity index (χ1n) is 13.1. The van der Waals surface area contributed by atoms with E-state index in [0.29, 0.717) is 24.0 Å². The summed E-state index contributed by atoms with van der Waals surface area (Å²) in [4.78, 5) is 16.9. The number of thiophene rings is 1. The van der Waals surface area contributed by atoms with Gasteiger partial charge in [-0.2, -0.15) is 0 Å². The second kappa shape index (κ2) is 10.3. The largest absolute Gasteiger partial charge is 0.348 e. The van der Waals surface area contributed by atoms with Crippen LogP contribution in [0.5, 0.6) is 0 Å². The van der Waals surface area contributed by atoms with Crippen LogP contribution in [0.3, 0.4) is 0 Å². The van der Waals surface area contributed by atoms with E-state index in [1.807, 2.05) is 6.07 Å². The van der Waals surface area contributed by atoms with Crippen molar-refractivity contribution >= 4 is 28.8 Å². The van der Waals surface area contributed by atoms with Crippen LogP contribution in [-0.2, 0) is 4.79 Å². The van der Waals surface area contributed by atoms with Crippen LogP contribution >= 0.6 is 22.9 Å². The molecule has 1 N–H and O–H groups in total. The monoisotopic (exact) mass is 503 g/mol. The van der Waals surface area contributed by atoms with Crippen molar-refractivity contribution < 1.29 is 4.79 Å². The highest BCUT2D eigenvalue weighted by molar-refractivity contribution is 7.16. The van der Waals surface area contributed by atoms with Gasteiger partial charge in [-0.1, -0.05) is 38.3 Å². The molecule has 0 radical (unpaired) electrons. The lowest BCUT2D eigenvalue weighted by Gasteiger charge is -2.40. The second-order valence-corrected chi connectivity index (χ2v) is 12.6. The van der Waals surface area contributed by atoms with E-state index >= 15 is 0 Å². The van der Waals surface area contributed by atoms with E-state index < -0.39 is 0 Å². The van der Waals surface area contributed by atoms with Gasteiger partial charge in [0.05, 0.1) is 10.4 Å². The maximum absolute atomic E-state index is 13.0. The summed E-state index contributed by atoms with van der Waals surface area (Å²) in [6, 6.07) is 5.80. The molecule has 2 aromatic rings. The first kappa shape index (κ1) is 24.3. The van der Waals surface area contributed by atoms with Crippen LogP contribution in [0, 0.1) is 12.8 Å². The van der Waals surface area contributed by atoms with E-state index in [0.717, 1.165) is 41.8 Å². The molecule has 4 atom stereocenters. The maximum Gasteiger partial charge on any atom is 0.223 e. The van der Waals surface area contributed by atoms with Gasteiger partial charge in [-0.05, 0) is 64.0 Å². The molecule has 6 nitrogen and oxygen atoms in total. The third kappa shape index (κ3) is 4.93. The molecular formula is C26H38ClN5OS. The Balaban J connectivity index is 1.26. The maximum atomic E-state index is 13.0. The molecule has 0 aromatic carbocycles. The number of rotatable bonds is 8. The van der Waals surface area contributed by atoms with Gasteiger partial charge in [0.2, 0.25) is 5.91 Å². The standard InChI is InChI=1S/C26H38ClN5OS/c1-16(2)25-30-29-17(3)32(25)21-14-19-8-9-20(15-21)31(19)13-12-22(23-10-11-24(27)34-23)28-26(33)18-6-4-5-7-18/h10-11,16,18-22H,4-9,12-15H2,1-3H3,(H,28,33)/t19-,20+,21-,22-/m0/s1. The molecule has 5 rings (SSSR count). The van der Waals surface area contributed by atoms with Gasteiger partial charge in [-0.3, -0.25) is 9.69 Å². The van der Waals surface area contributed by atoms with Crippen LogP contribution in [0.4, 0.5) is 0 Å². The Labute approximate surface area is 212 Å². The van der Waals surface area contributed by atoms with Crippen molar-refractivity contribution in [1.82, 2.24) is 25.0 Å². The average Bonchev–Trinajstić information content (AvgIpc) is 3.59. The summed E-state index contributed by atoms with van der Waals surface area (Å²) in [5, 5.41) is 12.3.